The highest BCUT2D eigenvalue weighted by Crippen LogP contribution is 2.34. The third-order valence-electron chi connectivity index (χ3n) is 3.45. The van der Waals surface area contributed by atoms with Crippen molar-refractivity contribution in [3.05, 3.63) is 58.9 Å². The van der Waals surface area contributed by atoms with Crippen molar-refractivity contribution >= 4 is 17.6 Å². The summed E-state index contributed by atoms with van der Waals surface area (Å²) in [5, 5.41) is 22.7. The molecular weight excluding hydrogens is 375 g/mol. The van der Waals surface area contributed by atoms with Crippen LogP contribution in [0.25, 0.3) is 17.1 Å². The largest absolute Gasteiger partial charge is 0.507 e. The number of aromatic nitrogens is 3. The maximum Gasteiger partial charge on any atom is 0.434 e. The van der Waals surface area contributed by atoms with Crippen molar-refractivity contribution in [2.24, 2.45) is 0 Å². The van der Waals surface area contributed by atoms with Crippen molar-refractivity contribution < 1.29 is 28.2 Å². The number of pyridine rings is 1. The lowest BCUT2D eigenvalue weighted by Crippen LogP contribution is -2.18. The first-order valence-electron chi connectivity index (χ1n) is 7.03. The van der Waals surface area contributed by atoms with Gasteiger partial charge < -0.3 is 10.2 Å². The molecule has 0 fully saturated rings. The lowest BCUT2D eigenvalue weighted by Gasteiger charge is -2.12. The zero-order valence-corrected chi connectivity index (χ0v) is 13.5. The molecule has 2 N–H and O–H groups in total. The van der Waals surface area contributed by atoms with Crippen molar-refractivity contribution in [2.75, 3.05) is 0 Å². The van der Waals surface area contributed by atoms with Gasteiger partial charge in [0.2, 0.25) is 0 Å². The molecule has 0 aliphatic heterocycles. The van der Waals surface area contributed by atoms with E-state index in [1.165, 1.54) is 36.4 Å². The SMILES string of the molecule is O=C(O)c1cnn(-c2cccc(-c3cc(Cl)ccc3O)n2)c1C(F)(F)F. The first-order chi connectivity index (χ1) is 12.2. The molecule has 0 amide bonds. The van der Waals surface area contributed by atoms with Crippen molar-refractivity contribution in [1.29, 1.82) is 0 Å². The molecule has 26 heavy (non-hydrogen) atoms. The number of hydrogen-bond acceptors (Lipinski definition) is 4. The second-order valence-electron chi connectivity index (χ2n) is 5.16. The van der Waals surface area contributed by atoms with E-state index in [4.69, 9.17) is 16.7 Å². The summed E-state index contributed by atoms with van der Waals surface area (Å²) in [4.78, 5) is 15.1. The molecule has 2 aromatic heterocycles. The molecule has 0 bridgehead atoms. The number of phenols is 1. The molecule has 0 aliphatic carbocycles. The number of nitrogens with zero attached hydrogens (tertiary/aromatic N) is 3. The summed E-state index contributed by atoms with van der Waals surface area (Å²) < 4.78 is 40.4. The molecule has 0 atom stereocenters. The summed E-state index contributed by atoms with van der Waals surface area (Å²) in [5.74, 6) is -2.18. The Balaban J connectivity index is 2.18. The zero-order valence-electron chi connectivity index (χ0n) is 12.7. The van der Waals surface area contributed by atoms with Crippen LogP contribution in [-0.2, 0) is 6.18 Å². The van der Waals surface area contributed by atoms with Gasteiger partial charge in [0.25, 0.3) is 0 Å². The molecule has 1 aromatic carbocycles. The van der Waals surface area contributed by atoms with E-state index in [1.54, 1.807) is 0 Å². The summed E-state index contributed by atoms with van der Waals surface area (Å²) in [6.07, 6.45) is -4.35. The van der Waals surface area contributed by atoms with E-state index in [0.29, 0.717) is 15.9 Å². The van der Waals surface area contributed by atoms with Crippen LogP contribution in [0, 0.1) is 0 Å². The molecule has 0 saturated heterocycles. The van der Waals surface area contributed by atoms with Crippen LogP contribution in [0.4, 0.5) is 13.2 Å². The van der Waals surface area contributed by atoms with Gasteiger partial charge in [0.1, 0.15) is 11.3 Å². The molecule has 10 heteroatoms. The van der Waals surface area contributed by atoms with Gasteiger partial charge in [-0.1, -0.05) is 17.7 Å². The van der Waals surface area contributed by atoms with Crippen LogP contribution in [0.5, 0.6) is 5.75 Å². The maximum absolute atomic E-state index is 13.3. The van der Waals surface area contributed by atoms with Gasteiger partial charge in [0.05, 0.1) is 11.9 Å². The fourth-order valence-corrected chi connectivity index (χ4v) is 2.53. The fourth-order valence-electron chi connectivity index (χ4n) is 2.36. The van der Waals surface area contributed by atoms with Gasteiger partial charge in [-0.25, -0.2) is 14.5 Å². The number of aromatic carboxylic acids is 1. The number of benzene rings is 1. The van der Waals surface area contributed by atoms with Gasteiger partial charge in [-0.05, 0) is 30.3 Å². The molecule has 0 aliphatic rings. The van der Waals surface area contributed by atoms with Crippen LogP contribution in [0.1, 0.15) is 16.1 Å². The number of aromatic hydroxyl groups is 1. The highest BCUT2D eigenvalue weighted by atomic mass is 35.5. The Morgan fingerprint density at radius 1 is 1.19 bits per heavy atom. The van der Waals surface area contributed by atoms with E-state index in [2.05, 4.69) is 10.1 Å². The number of alkyl halides is 3. The Morgan fingerprint density at radius 3 is 2.58 bits per heavy atom. The monoisotopic (exact) mass is 383 g/mol. The Labute approximate surface area is 149 Å². The Morgan fingerprint density at radius 2 is 1.92 bits per heavy atom. The van der Waals surface area contributed by atoms with E-state index < -0.39 is 23.4 Å². The molecule has 3 aromatic rings. The van der Waals surface area contributed by atoms with Crippen LogP contribution < -0.4 is 0 Å². The van der Waals surface area contributed by atoms with E-state index in [9.17, 15) is 23.1 Å². The van der Waals surface area contributed by atoms with Crippen LogP contribution in [0.15, 0.2) is 42.6 Å². The lowest BCUT2D eigenvalue weighted by atomic mass is 10.1. The molecule has 6 nitrogen and oxygen atoms in total. The summed E-state index contributed by atoms with van der Waals surface area (Å²) >= 11 is 5.88. The number of hydrogen-bond donors (Lipinski definition) is 2. The van der Waals surface area contributed by atoms with Gasteiger partial charge >= 0.3 is 12.1 Å². The highest BCUT2D eigenvalue weighted by Gasteiger charge is 2.41. The maximum atomic E-state index is 13.3. The average molecular weight is 384 g/mol. The minimum atomic E-state index is -4.96. The molecular formula is C16H9ClF3N3O3. The number of carboxylic acids is 1. The minimum Gasteiger partial charge on any atom is -0.507 e. The fraction of sp³-hybridized carbons (Fsp3) is 0.0625. The minimum absolute atomic E-state index is 0.142. The van der Waals surface area contributed by atoms with Crippen LogP contribution in [0.3, 0.4) is 0 Å². The number of carboxylic acid groups (broad SMARTS) is 1. The highest BCUT2D eigenvalue weighted by molar-refractivity contribution is 6.30. The zero-order chi connectivity index (χ0) is 19.1. The number of phenolic OH excluding ortho intramolecular Hbond substituents is 1. The first kappa shape index (κ1) is 17.7. The Hall–Kier alpha value is -3.07. The van der Waals surface area contributed by atoms with E-state index in [-0.39, 0.29) is 22.8 Å². The van der Waals surface area contributed by atoms with E-state index >= 15 is 0 Å². The standard InChI is InChI=1S/C16H9ClF3N3O3/c17-8-4-5-12(24)9(6-8)11-2-1-3-13(22-11)23-14(16(18,19)20)10(7-21-23)15(25)26/h1-7,24H,(H,25,26). The average Bonchev–Trinajstić information content (AvgIpc) is 3.03. The summed E-state index contributed by atoms with van der Waals surface area (Å²) in [6.45, 7) is 0. The summed E-state index contributed by atoms with van der Waals surface area (Å²) in [5.41, 5.74) is -2.10. The predicted molar refractivity (Wildman–Crippen MR) is 85.4 cm³/mol. The normalized spacial score (nSPS) is 11.5. The number of rotatable bonds is 3. The molecule has 134 valence electrons. The first-order valence-corrected chi connectivity index (χ1v) is 7.41. The van der Waals surface area contributed by atoms with Crippen LogP contribution in [-0.4, -0.2) is 30.9 Å². The smallest absolute Gasteiger partial charge is 0.434 e. The molecule has 0 saturated carbocycles. The quantitative estimate of drug-likeness (QED) is 0.713. The third-order valence-corrected chi connectivity index (χ3v) is 3.69. The van der Waals surface area contributed by atoms with Gasteiger partial charge in [-0.15, -0.1) is 0 Å². The topological polar surface area (TPSA) is 88.2 Å². The number of carbonyl (C=O) groups is 1. The predicted octanol–water partition coefficient (Wildman–Crippen LogP) is 4.01. The summed E-state index contributed by atoms with van der Waals surface area (Å²) in [7, 11) is 0. The van der Waals surface area contributed by atoms with Crippen molar-refractivity contribution in [3.63, 3.8) is 0 Å². The van der Waals surface area contributed by atoms with Crippen molar-refractivity contribution in [3.8, 4) is 22.8 Å². The summed E-state index contributed by atoms with van der Waals surface area (Å²) in [6, 6.07) is 8.27. The van der Waals surface area contributed by atoms with Gasteiger partial charge in [-0.3, -0.25) is 0 Å². The van der Waals surface area contributed by atoms with Crippen molar-refractivity contribution in [2.45, 2.75) is 6.18 Å². The van der Waals surface area contributed by atoms with Crippen LogP contribution >= 0.6 is 11.6 Å². The lowest BCUT2D eigenvalue weighted by molar-refractivity contribution is -0.143. The van der Waals surface area contributed by atoms with Gasteiger partial charge in [-0.2, -0.15) is 18.3 Å². The molecule has 2 heterocycles. The van der Waals surface area contributed by atoms with E-state index in [1.807, 2.05) is 0 Å². The van der Waals surface area contributed by atoms with Gasteiger partial charge in [0.15, 0.2) is 11.5 Å². The van der Waals surface area contributed by atoms with E-state index in [0.717, 1.165) is 0 Å². The second kappa shape index (κ2) is 6.34. The van der Waals surface area contributed by atoms with Gasteiger partial charge in [0, 0.05) is 10.6 Å². The van der Waals surface area contributed by atoms with Crippen LogP contribution in [0.2, 0.25) is 5.02 Å². The second-order valence-corrected chi connectivity index (χ2v) is 5.60. The molecule has 0 spiro atoms. The number of halogens is 4. The molecule has 0 radical (unpaired) electrons. The molecule has 3 rings (SSSR count). The molecule has 0 unspecified atom stereocenters. The third kappa shape index (κ3) is 3.21. The Bertz CT molecular complexity index is 1000. The Kier molecular flexibility index (Phi) is 4.33. The van der Waals surface area contributed by atoms with Crippen molar-refractivity contribution in [1.82, 2.24) is 14.8 Å².